The van der Waals surface area contributed by atoms with Crippen molar-refractivity contribution in [2.45, 2.75) is 27.2 Å². The van der Waals surface area contributed by atoms with Crippen molar-refractivity contribution in [3.8, 4) is 0 Å². The van der Waals surface area contributed by atoms with E-state index in [-0.39, 0.29) is 0 Å². The van der Waals surface area contributed by atoms with Gasteiger partial charge in [0, 0.05) is 18.6 Å². The van der Waals surface area contributed by atoms with Crippen molar-refractivity contribution in [2.75, 3.05) is 0 Å². The lowest BCUT2D eigenvalue weighted by Crippen LogP contribution is -2.08. The predicted molar refractivity (Wildman–Crippen MR) is 49.7 cm³/mol. The van der Waals surface area contributed by atoms with Crippen LogP contribution in [0.15, 0.2) is 18.6 Å². The van der Waals surface area contributed by atoms with Gasteiger partial charge in [-0.25, -0.2) is 0 Å². The van der Waals surface area contributed by atoms with Gasteiger partial charge in [0.25, 0.3) is 0 Å². The van der Waals surface area contributed by atoms with Crippen molar-refractivity contribution in [1.82, 2.24) is 9.97 Å². The van der Waals surface area contributed by atoms with Crippen LogP contribution >= 0.6 is 0 Å². The van der Waals surface area contributed by atoms with Crippen LogP contribution in [-0.2, 0) is 6.42 Å². The van der Waals surface area contributed by atoms with Crippen molar-refractivity contribution < 1.29 is 0 Å². The Bertz CT molecular complexity index is 219. The normalized spacial score (nSPS) is 13.3. The van der Waals surface area contributed by atoms with E-state index >= 15 is 0 Å². The summed E-state index contributed by atoms with van der Waals surface area (Å²) < 4.78 is 0. The van der Waals surface area contributed by atoms with Gasteiger partial charge in [-0.3, -0.25) is 9.97 Å². The molecule has 66 valence electrons. The van der Waals surface area contributed by atoms with Crippen LogP contribution in [0.2, 0.25) is 0 Å². The van der Waals surface area contributed by atoms with E-state index in [0.717, 1.165) is 12.1 Å². The highest BCUT2D eigenvalue weighted by molar-refractivity contribution is 4.95. The predicted octanol–water partition coefficient (Wildman–Crippen LogP) is 2.31. The van der Waals surface area contributed by atoms with Crippen LogP contribution in [0.4, 0.5) is 0 Å². The van der Waals surface area contributed by atoms with Gasteiger partial charge in [-0.1, -0.05) is 20.8 Å². The van der Waals surface area contributed by atoms with Crippen LogP contribution in [0.5, 0.6) is 0 Å². The summed E-state index contributed by atoms with van der Waals surface area (Å²) in [6.45, 7) is 6.72. The Labute approximate surface area is 74.1 Å². The molecule has 1 aromatic rings. The van der Waals surface area contributed by atoms with Crippen molar-refractivity contribution in [2.24, 2.45) is 11.8 Å². The minimum Gasteiger partial charge on any atom is -0.261 e. The molecule has 0 aliphatic rings. The van der Waals surface area contributed by atoms with E-state index in [0.29, 0.717) is 11.8 Å². The first kappa shape index (κ1) is 9.17. The smallest absolute Gasteiger partial charge is 0.0589 e. The largest absolute Gasteiger partial charge is 0.261 e. The third kappa shape index (κ3) is 2.61. The van der Waals surface area contributed by atoms with Crippen LogP contribution in [-0.4, -0.2) is 9.97 Å². The molecule has 0 saturated carbocycles. The minimum atomic E-state index is 0.682. The van der Waals surface area contributed by atoms with E-state index in [2.05, 4.69) is 30.7 Å². The molecule has 0 aromatic carbocycles. The first-order chi connectivity index (χ1) is 5.70. The van der Waals surface area contributed by atoms with Gasteiger partial charge in [0.15, 0.2) is 0 Å². The average Bonchev–Trinajstić information content (AvgIpc) is 2.06. The Hall–Kier alpha value is -0.920. The van der Waals surface area contributed by atoms with Gasteiger partial charge in [0.1, 0.15) is 0 Å². The van der Waals surface area contributed by atoms with Gasteiger partial charge in [0.05, 0.1) is 5.69 Å². The molecule has 0 saturated heterocycles. The van der Waals surface area contributed by atoms with Crippen molar-refractivity contribution in [3.05, 3.63) is 24.3 Å². The van der Waals surface area contributed by atoms with E-state index in [9.17, 15) is 0 Å². The molecule has 0 aliphatic carbocycles. The third-order valence-corrected chi connectivity index (χ3v) is 2.29. The highest BCUT2D eigenvalue weighted by Crippen LogP contribution is 2.13. The summed E-state index contributed by atoms with van der Waals surface area (Å²) in [6, 6.07) is 0. The molecule has 1 atom stereocenters. The molecule has 1 heterocycles. The Morgan fingerprint density at radius 1 is 1.25 bits per heavy atom. The summed E-state index contributed by atoms with van der Waals surface area (Å²) in [6.07, 6.45) is 6.34. The van der Waals surface area contributed by atoms with Crippen molar-refractivity contribution in [1.29, 1.82) is 0 Å². The fraction of sp³-hybridized carbons (Fsp3) is 0.600. The quantitative estimate of drug-likeness (QED) is 0.685. The summed E-state index contributed by atoms with van der Waals surface area (Å²) in [4.78, 5) is 8.27. The molecule has 1 unspecified atom stereocenters. The molecule has 0 bridgehead atoms. The first-order valence-corrected chi connectivity index (χ1v) is 4.45. The monoisotopic (exact) mass is 164 g/mol. The number of rotatable bonds is 3. The number of aromatic nitrogens is 2. The third-order valence-electron chi connectivity index (χ3n) is 2.29. The number of hydrogen-bond acceptors (Lipinski definition) is 2. The van der Waals surface area contributed by atoms with E-state index < -0.39 is 0 Å². The second-order valence-corrected chi connectivity index (χ2v) is 3.62. The molecule has 0 radical (unpaired) electrons. The molecule has 2 nitrogen and oxygen atoms in total. The van der Waals surface area contributed by atoms with E-state index in [1.807, 2.05) is 6.20 Å². The molecule has 0 N–H and O–H groups in total. The molecule has 0 amide bonds. The zero-order valence-corrected chi connectivity index (χ0v) is 7.99. The van der Waals surface area contributed by atoms with Crippen LogP contribution in [0.1, 0.15) is 26.5 Å². The maximum atomic E-state index is 4.24. The summed E-state index contributed by atoms with van der Waals surface area (Å²) in [5, 5.41) is 0. The van der Waals surface area contributed by atoms with Crippen LogP contribution in [0.3, 0.4) is 0 Å². The number of nitrogens with zero attached hydrogens (tertiary/aromatic N) is 2. The molecule has 0 aliphatic heterocycles. The average molecular weight is 164 g/mol. The standard InChI is InChI=1S/C10H16N2/c1-8(2)9(3)6-10-7-11-4-5-12-10/h4-5,7-9H,6H2,1-3H3. The Kier molecular flexibility index (Phi) is 3.20. The fourth-order valence-corrected chi connectivity index (χ4v) is 1.00. The van der Waals surface area contributed by atoms with Crippen LogP contribution in [0, 0.1) is 11.8 Å². The van der Waals surface area contributed by atoms with E-state index in [1.54, 1.807) is 12.4 Å². The van der Waals surface area contributed by atoms with Gasteiger partial charge in [-0.15, -0.1) is 0 Å². The molecule has 0 spiro atoms. The second kappa shape index (κ2) is 4.19. The summed E-state index contributed by atoms with van der Waals surface area (Å²) in [5.41, 5.74) is 1.10. The lowest BCUT2D eigenvalue weighted by atomic mass is 9.93. The van der Waals surface area contributed by atoms with Gasteiger partial charge in [-0.2, -0.15) is 0 Å². The van der Waals surface area contributed by atoms with Gasteiger partial charge in [-0.05, 0) is 18.3 Å². The zero-order chi connectivity index (χ0) is 8.97. The van der Waals surface area contributed by atoms with Crippen molar-refractivity contribution in [3.63, 3.8) is 0 Å². The van der Waals surface area contributed by atoms with Gasteiger partial charge >= 0.3 is 0 Å². The SMILES string of the molecule is CC(C)C(C)Cc1cnccn1. The molecular formula is C10H16N2. The molecular weight excluding hydrogens is 148 g/mol. The fourth-order valence-electron chi connectivity index (χ4n) is 1.00. The zero-order valence-electron chi connectivity index (χ0n) is 7.99. The molecule has 12 heavy (non-hydrogen) atoms. The van der Waals surface area contributed by atoms with Crippen molar-refractivity contribution >= 4 is 0 Å². The molecule has 0 fully saturated rings. The highest BCUT2D eigenvalue weighted by Gasteiger charge is 2.08. The Balaban J connectivity index is 2.53. The maximum Gasteiger partial charge on any atom is 0.0589 e. The summed E-state index contributed by atoms with van der Waals surface area (Å²) in [7, 11) is 0. The van der Waals surface area contributed by atoms with Crippen LogP contribution < -0.4 is 0 Å². The minimum absolute atomic E-state index is 0.682. The molecule has 1 rings (SSSR count). The summed E-state index contributed by atoms with van der Waals surface area (Å²) >= 11 is 0. The second-order valence-electron chi connectivity index (χ2n) is 3.62. The Morgan fingerprint density at radius 3 is 2.50 bits per heavy atom. The highest BCUT2D eigenvalue weighted by atomic mass is 14.8. The molecule has 2 heteroatoms. The number of hydrogen-bond donors (Lipinski definition) is 0. The van der Waals surface area contributed by atoms with Gasteiger partial charge < -0.3 is 0 Å². The first-order valence-electron chi connectivity index (χ1n) is 4.45. The summed E-state index contributed by atoms with van der Waals surface area (Å²) in [5.74, 6) is 1.40. The maximum absolute atomic E-state index is 4.24. The van der Waals surface area contributed by atoms with Gasteiger partial charge in [0.2, 0.25) is 0 Å². The van der Waals surface area contributed by atoms with E-state index in [4.69, 9.17) is 0 Å². The van der Waals surface area contributed by atoms with E-state index in [1.165, 1.54) is 0 Å². The Morgan fingerprint density at radius 2 is 2.00 bits per heavy atom. The van der Waals surface area contributed by atoms with Crippen LogP contribution in [0.25, 0.3) is 0 Å². The lowest BCUT2D eigenvalue weighted by Gasteiger charge is -2.13. The lowest BCUT2D eigenvalue weighted by molar-refractivity contribution is 0.413. The topological polar surface area (TPSA) is 25.8 Å². The molecule has 1 aromatic heterocycles.